The third-order valence-corrected chi connectivity index (χ3v) is 7.88. The molecule has 7 heteroatoms. The van der Waals surface area contributed by atoms with Crippen molar-refractivity contribution in [2.24, 2.45) is 29.6 Å². The van der Waals surface area contributed by atoms with Gasteiger partial charge >= 0.3 is 11.9 Å². The van der Waals surface area contributed by atoms with E-state index < -0.39 is 23.8 Å². The molecule has 1 fully saturated rings. The molecule has 1 amide bonds. The first kappa shape index (κ1) is 20.1. The molecule has 3 aliphatic carbocycles. The number of carbonyl (C=O) groups excluding carboxylic acids is 2. The molecule has 29 heavy (non-hydrogen) atoms. The Morgan fingerprint density at radius 3 is 2.59 bits per heavy atom. The van der Waals surface area contributed by atoms with Crippen LogP contribution in [0, 0.1) is 29.6 Å². The second-order valence-corrected chi connectivity index (χ2v) is 9.38. The number of ether oxygens (including phenoxy) is 1. The van der Waals surface area contributed by atoms with Crippen molar-refractivity contribution in [3.63, 3.8) is 0 Å². The third kappa shape index (κ3) is 3.50. The van der Waals surface area contributed by atoms with Gasteiger partial charge in [0.25, 0.3) is 0 Å². The number of anilines is 1. The number of esters is 1. The average molecular weight is 418 g/mol. The summed E-state index contributed by atoms with van der Waals surface area (Å²) >= 11 is 1.45. The lowest BCUT2D eigenvalue weighted by Crippen LogP contribution is -2.36. The topological polar surface area (TPSA) is 92.7 Å². The Bertz CT molecular complexity index is 873. The van der Waals surface area contributed by atoms with Crippen LogP contribution in [0.1, 0.15) is 53.9 Å². The van der Waals surface area contributed by atoms with Crippen LogP contribution in [-0.2, 0) is 27.2 Å². The highest BCUT2D eigenvalue weighted by Crippen LogP contribution is 2.49. The first-order valence-electron chi connectivity index (χ1n) is 10.5. The summed E-state index contributed by atoms with van der Waals surface area (Å²) in [6.07, 6.45) is 8.43. The number of thiophene rings is 1. The number of rotatable bonds is 6. The van der Waals surface area contributed by atoms with Crippen molar-refractivity contribution < 1.29 is 24.2 Å². The number of carbonyl (C=O) groups is 3. The monoisotopic (exact) mass is 417 g/mol. The maximum atomic E-state index is 13.1. The van der Waals surface area contributed by atoms with E-state index in [2.05, 4.69) is 12.2 Å². The van der Waals surface area contributed by atoms with E-state index in [9.17, 15) is 19.5 Å². The van der Waals surface area contributed by atoms with Crippen LogP contribution < -0.4 is 5.32 Å². The molecule has 2 N–H and O–H groups in total. The molecular formula is C22H27NO5S. The molecule has 0 radical (unpaired) electrons. The number of amides is 1. The minimum Gasteiger partial charge on any atom is -0.481 e. The van der Waals surface area contributed by atoms with Crippen molar-refractivity contribution in [1.82, 2.24) is 0 Å². The maximum absolute atomic E-state index is 13.1. The Hall–Kier alpha value is -2.15. The van der Waals surface area contributed by atoms with Gasteiger partial charge in [0.15, 0.2) is 0 Å². The number of fused-ring (bicyclic) bond motifs is 3. The Kier molecular flexibility index (Phi) is 5.51. The van der Waals surface area contributed by atoms with Gasteiger partial charge in [-0.15, -0.1) is 11.3 Å². The van der Waals surface area contributed by atoms with Gasteiger partial charge in [0.1, 0.15) is 5.00 Å². The van der Waals surface area contributed by atoms with Crippen molar-refractivity contribution in [2.45, 2.75) is 46.0 Å². The van der Waals surface area contributed by atoms with E-state index in [1.54, 1.807) is 6.92 Å². The molecule has 4 rings (SSSR count). The van der Waals surface area contributed by atoms with E-state index in [1.165, 1.54) is 11.3 Å². The molecular weight excluding hydrogens is 390 g/mol. The van der Waals surface area contributed by atoms with Crippen LogP contribution in [0.2, 0.25) is 0 Å². The molecule has 0 spiro atoms. The van der Waals surface area contributed by atoms with Gasteiger partial charge < -0.3 is 15.2 Å². The van der Waals surface area contributed by atoms with Crippen LogP contribution >= 0.6 is 11.3 Å². The largest absolute Gasteiger partial charge is 0.481 e. The normalized spacial score (nSPS) is 29.5. The number of allylic oxidation sites excluding steroid dienone is 2. The van der Waals surface area contributed by atoms with Crippen LogP contribution in [0.3, 0.4) is 0 Å². The van der Waals surface area contributed by atoms with Gasteiger partial charge in [-0.1, -0.05) is 25.5 Å². The van der Waals surface area contributed by atoms with E-state index in [1.807, 2.05) is 12.2 Å². The van der Waals surface area contributed by atoms with Gasteiger partial charge in [-0.05, 0) is 55.9 Å². The molecule has 2 bridgehead atoms. The number of hydrogen-bond donors (Lipinski definition) is 2. The second kappa shape index (κ2) is 7.94. The number of nitrogens with one attached hydrogen (secondary N) is 1. The highest BCUT2D eigenvalue weighted by molar-refractivity contribution is 7.17. The number of hydrogen-bond acceptors (Lipinski definition) is 5. The van der Waals surface area contributed by atoms with Crippen LogP contribution in [0.5, 0.6) is 0 Å². The Labute approximate surface area is 174 Å². The molecule has 156 valence electrons. The number of carboxylic acids is 1. The summed E-state index contributed by atoms with van der Waals surface area (Å²) in [6.45, 7) is 4.21. The van der Waals surface area contributed by atoms with Crippen LogP contribution in [0.4, 0.5) is 5.00 Å². The lowest BCUT2D eigenvalue weighted by Gasteiger charge is -2.23. The maximum Gasteiger partial charge on any atom is 0.341 e. The molecule has 0 saturated heterocycles. The van der Waals surface area contributed by atoms with Gasteiger partial charge in [0.2, 0.25) is 5.91 Å². The molecule has 5 atom stereocenters. The summed E-state index contributed by atoms with van der Waals surface area (Å²) < 4.78 is 5.27. The van der Waals surface area contributed by atoms with Crippen molar-refractivity contribution >= 4 is 34.2 Å². The van der Waals surface area contributed by atoms with E-state index in [0.29, 0.717) is 22.9 Å². The summed E-state index contributed by atoms with van der Waals surface area (Å²) in [7, 11) is 0. The smallest absolute Gasteiger partial charge is 0.341 e. The fourth-order valence-electron chi connectivity index (χ4n) is 5.22. The molecule has 0 unspecified atom stereocenters. The number of carboxylic acid groups (broad SMARTS) is 1. The van der Waals surface area contributed by atoms with E-state index in [4.69, 9.17) is 4.74 Å². The standard InChI is InChI=1S/C22H27NO5S/c1-3-11-5-8-14-15(9-11)29-20(18(14)22(27)28-4-2)23-19(24)16-12-6-7-13(10-12)17(16)21(25)26/h6-7,11-13,16-17H,3-5,8-10H2,1-2H3,(H,23,24)(H,25,26)/t11-,12-,13+,16+,17+/m1/s1. The summed E-state index contributed by atoms with van der Waals surface area (Å²) in [4.78, 5) is 38.7. The second-order valence-electron chi connectivity index (χ2n) is 8.27. The Balaban J connectivity index is 1.63. The summed E-state index contributed by atoms with van der Waals surface area (Å²) in [5.74, 6) is -2.47. The lowest BCUT2D eigenvalue weighted by molar-refractivity contribution is -0.146. The number of aliphatic carboxylic acids is 1. The molecule has 1 aromatic heterocycles. The minimum atomic E-state index is -0.927. The lowest BCUT2D eigenvalue weighted by atomic mass is 9.82. The Morgan fingerprint density at radius 2 is 1.93 bits per heavy atom. The molecule has 0 aromatic carbocycles. The first-order valence-corrected chi connectivity index (χ1v) is 11.3. The van der Waals surface area contributed by atoms with Crippen molar-refractivity contribution in [2.75, 3.05) is 11.9 Å². The molecule has 0 aliphatic heterocycles. The van der Waals surface area contributed by atoms with Crippen molar-refractivity contribution in [3.05, 3.63) is 28.2 Å². The molecule has 3 aliphatic rings. The van der Waals surface area contributed by atoms with Gasteiger partial charge in [-0.2, -0.15) is 0 Å². The molecule has 6 nitrogen and oxygen atoms in total. The van der Waals surface area contributed by atoms with Gasteiger partial charge in [0.05, 0.1) is 24.0 Å². The third-order valence-electron chi connectivity index (χ3n) is 6.71. The van der Waals surface area contributed by atoms with E-state index in [0.717, 1.165) is 36.1 Å². The Morgan fingerprint density at radius 1 is 1.21 bits per heavy atom. The molecule has 1 aromatic rings. The van der Waals surface area contributed by atoms with Crippen LogP contribution in [0.25, 0.3) is 0 Å². The fraction of sp³-hybridized carbons (Fsp3) is 0.591. The van der Waals surface area contributed by atoms with Gasteiger partial charge in [0, 0.05) is 4.88 Å². The molecule has 1 saturated carbocycles. The highest BCUT2D eigenvalue weighted by Gasteiger charge is 2.51. The summed E-state index contributed by atoms with van der Waals surface area (Å²) in [5.41, 5.74) is 1.47. The zero-order valence-corrected chi connectivity index (χ0v) is 17.6. The SMILES string of the molecule is CCOC(=O)c1c(NC(=O)[C@@H]2[C@@H](C(=O)O)[C@H]3C=C[C@@H]2C3)sc2c1CC[C@@H](CC)C2. The van der Waals surface area contributed by atoms with Crippen molar-refractivity contribution in [1.29, 1.82) is 0 Å². The predicted octanol–water partition coefficient (Wildman–Crippen LogP) is 3.90. The average Bonchev–Trinajstić information content (AvgIpc) is 3.39. The summed E-state index contributed by atoms with van der Waals surface area (Å²) in [6, 6.07) is 0. The minimum absolute atomic E-state index is 0.0498. The van der Waals surface area contributed by atoms with E-state index in [-0.39, 0.29) is 24.3 Å². The zero-order valence-electron chi connectivity index (χ0n) is 16.8. The zero-order chi connectivity index (χ0) is 20.7. The fourth-order valence-corrected chi connectivity index (χ4v) is 6.57. The van der Waals surface area contributed by atoms with Crippen LogP contribution in [-0.4, -0.2) is 29.6 Å². The summed E-state index contributed by atoms with van der Waals surface area (Å²) in [5, 5.41) is 13.1. The predicted molar refractivity (Wildman–Crippen MR) is 110 cm³/mol. The van der Waals surface area contributed by atoms with Crippen LogP contribution in [0.15, 0.2) is 12.2 Å². The van der Waals surface area contributed by atoms with Crippen molar-refractivity contribution in [3.8, 4) is 0 Å². The van der Waals surface area contributed by atoms with Gasteiger partial charge in [-0.3, -0.25) is 9.59 Å². The first-order chi connectivity index (χ1) is 13.9. The van der Waals surface area contributed by atoms with E-state index >= 15 is 0 Å². The highest BCUT2D eigenvalue weighted by atomic mass is 32.1. The van der Waals surface area contributed by atoms with Gasteiger partial charge in [-0.25, -0.2) is 4.79 Å². The quantitative estimate of drug-likeness (QED) is 0.541. The molecule has 1 heterocycles.